The SMILES string of the molecule is CCN[C@H]1CO[C@@H](O[C@H]2[C@H](O[C@H]3C#C/C=C/C#C[C@]4(O)CC(=O)C(NC(=O)OC)=C3/C4=C\CSSC(C)(C)CC(=O)O)O[C@H](C)[C@@H](NO[C@H]3C[C@H](O)[C@H](SC(=O)c4c(C)c(I)c(O[C@@H]5O[C@@H](C)[C@H](O)[C@@H](OC)[C@H]5O)c(OC)c4OC)[C@@H](C)O3)[C@@H]2O)C[C@@H]1OC. The maximum Gasteiger partial charge on any atom is 0.411 e. The average molecular weight is 1420 g/mol. The average Bonchev–Trinajstić information content (AvgIpc) is 0.821. The molecule has 0 spiro atoms. The molecule has 89 heavy (non-hydrogen) atoms. The Morgan fingerprint density at radius 1 is 0.876 bits per heavy atom. The van der Waals surface area contributed by atoms with Crippen LogP contribution in [0.4, 0.5) is 4.79 Å². The van der Waals surface area contributed by atoms with Crippen molar-refractivity contribution in [1.29, 1.82) is 0 Å². The largest absolute Gasteiger partial charge is 0.492 e. The molecule has 6 aliphatic rings. The topological polar surface area (TPSA) is 346 Å². The first kappa shape index (κ1) is 72.6. The molecule has 19 atom stereocenters. The first-order valence-electron chi connectivity index (χ1n) is 28.6. The summed E-state index contributed by atoms with van der Waals surface area (Å²) in [6.45, 7) is 12.8. The number of Topliss-reactive ketones (excluding diaryl/α,β-unsaturated/α-hetero) is 1. The molecule has 1 aromatic rings. The molecule has 1 aromatic carbocycles. The van der Waals surface area contributed by atoms with Crippen LogP contribution in [0.3, 0.4) is 0 Å². The van der Waals surface area contributed by atoms with E-state index in [1.165, 1.54) is 55.1 Å². The highest BCUT2D eigenvalue weighted by Crippen LogP contribution is 2.49. The molecule has 2 bridgehead atoms. The molecule has 0 unspecified atom stereocenters. The summed E-state index contributed by atoms with van der Waals surface area (Å²) < 4.78 is 71.9. The number of hydrogen-bond donors (Lipinski definition) is 9. The lowest BCUT2D eigenvalue weighted by Gasteiger charge is -2.46. The number of aliphatic carboxylic acids is 1. The molecular formula is C59H80IN3O23S3. The summed E-state index contributed by atoms with van der Waals surface area (Å²) in [6, 6.07) is -1.34. The molecule has 0 aromatic heterocycles. The standard InChI is InChI=1S/C59H80IN3O23S3/c1-13-61-32-26-79-38(23-36(32)74-8)84-51-46(69)43(28(3)81-56(51)83-35-18-16-14-15-17-20-59(73)24-34(65)44(62-57(72)78-12)41(35)31(59)19-21-87-89-58(6,7)25-37(66)67)63-86-39-22-33(64)53(30(5)80-39)88-54(71)40-27(2)42(60)49(52(77-11)48(40)75-9)85-55-47(70)50(76-10)45(68)29(4)82-55/h14-15,19,28-30,32-33,35-36,38-39,43,45-47,50-51,53,55-56,61,63-64,68-70,73H,13,21-26H2,1-12H3,(H,62,72)(H,66,67)/b15-14+,31-19+/t28-,29+,30-,32+,33+,35+,36+,38+,39+,43-,45+,46+,47-,50-,51-,53-,55+,56+,59+/m1/s1. The Balaban J connectivity index is 1.13. The van der Waals surface area contributed by atoms with Crippen molar-refractivity contribution in [1.82, 2.24) is 16.1 Å². The second-order valence-electron chi connectivity index (χ2n) is 22.3. The highest BCUT2D eigenvalue weighted by atomic mass is 127. The number of rotatable bonds is 24. The fourth-order valence-corrected chi connectivity index (χ4v) is 15.1. The molecule has 4 aliphatic heterocycles. The van der Waals surface area contributed by atoms with Gasteiger partial charge >= 0.3 is 12.1 Å². The van der Waals surface area contributed by atoms with E-state index < -0.39 is 143 Å². The number of hydroxylamine groups is 1. The number of fused-ring (bicyclic) bond motifs is 2. The number of aliphatic hydroxyl groups is 5. The zero-order valence-corrected chi connectivity index (χ0v) is 55.9. The number of likely N-dealkylation sites (N-methyl/N-ethyl adjacent to an activating group) is 1. The van der Waals surface area contributed by atoms with Gasteiger partial charge in [-0.1, -0.05) is 70.0 Å². The van der Waals surface area contributed by atoms with Crippen LogP contribution in [0.2, 0.25) is 0 Å². The third-order valence-electron chi connectivity index (χ3n) is 15.5. The number of ketones is 1. The summed E-state index contributed by atoms with van der Waals surface area (Å²) in [7, 11) is 9.29. The molecule has 4 saturated heterocycles. The van der Waals surface area contributed by atoms with Gasteiger partial charge < -0.3 is 92.8 Å². The quantitative estimate of drug-likeness (QED) is 0.0236. The number of alkyl carbamates (subject to hydrolysis) is 1. The second-order valence-corrected chi connectivity index (χ2v) is 27.5. The lowest BCUT2D eigenvalue weighted by molar-refractivity contribution is -0.336. The van der Waals surface area contributed by atoms with E-state index in [2.05, 4.69) is 39.8 Å². The lowest BCUT2D eigenvalue weighted by Crippen LogP contribution is -2.65. The van der Waals surface area contributed by atoms with Gasteiger partial charge in [-0.15, -0.1) is 0 Å². The molecule has 4 fully saturated rings. The minimum atomic E-state index is -2.17. The predicted molar refractivity (Wildman–Crippen MR) is 332 cm³/mol. The van der Waals surface area contributed by atoms with Crippen molar-refractivity contribution in [3.05, 3.63) is 49.8 Å². The fourth-order valence-electron chi connectivity index (χ4n) is 11.0. The summed E-state index contributed by atoms with van der Waals surface area (Å²) in [5, 5.41) is 72.4. The Kier molecular flexibility index (Phi) is 26.4. The highest BCUT2D eigenvalue weighted by Gasteiger charge is 2.52. The van der Waals surface area contributed by atoms with Gasteiger partial charge in [-0.25, -0.2) is 4.79 Å². The number of hydrogen-bond acceptors (Lipinski definition) is 27. The van der Waals surface area contributed by atoms with E-state index >= 15 is 0 Å². The highest BCUT2D eigenvalue weighted by molar-refractivity contribution is 14.1. The molecule has 0 radical (unpaired) electrons. The number of allylic oxidation sites excluding steroid dienone is 3. The molecule has 7 rings (SSSR count). The van der Waals surface area contributed by atoms with Crippen molar-refractivity contribution >= 4 is 78.9 Å². The number of carbonyl (C=O) groups excluding carboxylic acids is 3. The van der Waals surface area contributed by atoms with Gasteiger partial charge in [0.25, 0.3) is 0 Å². The molecule has 9 N–H and O–H groups in total. The van der Waals surface area contributed by atoms with Crippen LogP contribution < -0.4 is 30.3 Å². The molecule has 0 saturated carbocycles. The van der Waals surface area contributed by atoms with Crippen LogP contribution in [0.15, 0.2) is 35.1 Å². The molecule has 4 heterocycles. The van der Waals surface area contributed by atoms with Crippen molar-refractivity contribution in [3.63, 3.8) is 0 Å². The van der Waals surface area contributed by atoms with Gasteiger partial charge in [0.1, 0.15) is 36.6 Å². The Bertz CT molecular complexity index is 2920. The van der Waals surface area contributed by atoms with Crippen molar-refractivity contribution in [3.8, 4) is 40.9 Å². The Morgan fingerprint density at radius 3 is 2.24 bits per heavy atom. The third kappa shape index (κ3) is 17.3. The normalized spacial score (nSPS) is 34.7. The minimum absolute atomic E-state index is 0.0131. The van der Waals surface area contributed by atoms with Gasteiger partial charge in [0.15, 0.2) is 41.8 Å². The molecular weight excluding hydrogens is 1340 g/mol. The van der Waals surface area contributed by atoms with E-state index in [4.69, 9.17) is 61.7 Å². The van der Waals surface area contributed by atoms with Gasteiger partial charge in [-0.05, 0) is 88.4 Å². The van der Waals surface area contributed by atoms with Crippen LogP contribution in [-0.2, 0) is 57.1 Å². The Hall–Kier alpha value is -3.82. The van der Waals surface area contributed by atoms with Crippen molar-refractivity contribution < 1.29 is 111 Å². The van der Waals surface area contributed by atoms with Gasteiger partial charge in [0, 0.05) is 48.7 Å². The first-order chi connectivity index (χ1) is 42.2. The summed E-state index contributed by atoms with van der Waals surface area (Å²) in [5.41, 5.74) is 0.873. The van der Waals surface area contributed by atoms with Crippen LogP contribution in [0.25, 0.3) is 0 Å². The number of benzene rings is 1. The molecule has 1 amide bonds. The number of carboxylic acid groups (broad SMARTS) is 1. The van der Waals surface area contributed by atoms with Gasteiger partial charge in [0.05, 0.1) is 103 Å². The van der Waals surface area contributed by atoms with Gasteiger partial charge in [-0.2, -0.15) is 5.48 Å². The summed E-state index contributed by atoms with van der Waals surface area (Å²) >= 11 is 2.80. The number of aliphatic hydroxyl groups excluding tert-OH is 4. The van der Waals surface area contributed by atoms with Crippen LogP contribution in [0, 0.1) is 34.2 Å². The Labute approximate surface area is 542 Å². The minimum Gasteiger partial charge on any atom is -0.492 e. The van der Waals surface area contributed by atoms with Crippen molar-refractivity contribution in [2.75, 3.05) is 54.5 Å². The molecule has 494 valence electrons. The summed E-state index contributed by atoms with van der Waals surface area (Å²) in [5.74, 6) is 9.92. The smallest absolute Gasteiger partial charge is 0.411 e. The van der Waals surface area contributed by atoms with Crippen LogP contribution in [-0.4, -0.2) is 228 Å². The fraction of sp³-hybridized carbons (Fsp3) is 0.661. The second kappa shape index (κ2) is 32.3. The monoisotopic (exact) mass is 1420 g/mol. The van der Waals surface area contributed by atoms with Gasteiger partial charge in [-0.3, -0.25) is 24.5 Å². The van der Waals surface area contributed by atoms with E-state index in [1.807, 2.05) is 29.5 Å². The number of thioether (sulfide) groups is 1. The zero-order valence-electron chi connectivity index (χ0n) is 51.3. The van der Waals surface area contributed by atoms with Crippen molar-refractivity contribution in [2.45, 2.75) is 194 Å². The number of halogens is 1. The molecule has 30 heteroatoms. The van der Waals surface area contributed by atoms with E-state index in [1.54, 1.807) is 54.7 Å². The van der Waals surface area contributed by atoms with Crippen molar-refractivity contribution in [2.24, 2.45) is 0 Å². The number of amides is 1. The van der Waals surface area contributed by atoms with Crippen LogP contribution in [0.5, 0.6) is 17.2 Å². The van der Waals surface area contributed by atoms with Gasteiger partial charge in [0.2, 0.25) is 17.2 Å². The van der Waals surface area contributed by atoms with E-state index in [9.17, 15) is 49.8 Å². The van der Waals surface area contributed by atoms with Crippen LogP contribution >= 0.6 is 55.9 Å². The number of methoxy groups -OCH3 is 5. The summed E-state index contributed by atoms with van der Waals surface area (Å²) in [6.07, 6.45) is -14.8. The number of carbonyl (C=O) groups is 4. The predicted octanol–water partition coefficient (Wildman–Crippen LogP) is 3.17. The number of carboxylic acids is 1. The zero-order chi connectivity index (χ0) is 65.2. The summed E-state index contributed by atoms with van der Waals surface area (Å²) in [4.78, 5) is 59.5. The first-order valence-corrected chi connectivity index (χ1v) is 32.9. The maximum atomic E-state index is 14.5. The molecule has 26 nitrogen and oxygen atoms in total. The Morgan fingerprint density at radius 2 is 1.58 bits per heavy atom. The molecule has 2 aliphatic carbocycles. The third-order valence-corrected chi connectivity index (χ3v) is 21.3. The van der Waals surface area contributed by atoms with E-state index in [0.717, 1.165) is 18.9 Å². The number of nitrogens with one attached hydrogen (secondary N) is 3. The van der Waals surface area contributed by atoms with Crippen LogP contribution in [0.1, 0.15) is 83.1 Å². The number of ether oxygens (including phenoxy) is 12. The van der Waals surface area contributed by atoms with E-state index in [0.29, 0.717) is 15.7 Å². The maximum absolute atomic E-state index is 14.5. The lowest BCUT2D eigenvalue weighted by atomic mass is 9.75. The van der Waals surface area contributed by atoms with E-state index in [-0.39, 0.29) is 77.3 Å².